The van der Waals surface area contributed by atoms with Crippen LogP contribution in [0.2, 0.25) is 0 Å². The molecule has 0 heterocycles. The van der Waals surface area contributed by atoms with Gasteiger partial charge in [-0.15, -0.1) is 0 Å². The average molecular weight is 148 g/mol. The van der Waals surface area contributed by atoms with Crippen LogP contribution in [0.25, 0.3) is 0 Å². The second kappa shape index (κ2) is 2.84. The Balaban J connectivity index is 2.22. The van der Waals surface area contributed by atoms with E-state index in [1.165, 1.54) is 25.7 Å². The maximum absolute atomic E-state index is 2.39. The van der Waals surface area contributed by atoms with Crippen molar-refractivity contribution in [2.45, 2.75) is 32.6 Å². The van der Waals surface area contributed by atoms with Crippen molar-refractivity contribution in [3.63, 3.8) is 0 Å². The number of fused-ring (bicyclic) bond motifs is 1. The second-order valence-corrected chi connectivity index (χ2v) is 3.88. The predicted molar refractivity (Wildman–Crippen MR) is 48.3 cm³/mol. The fourth-order valence-corrected chi connectivity index (χ4v) is 2.40. The molecule has 0 aromatic heterocycles. The molecule has 0 saturated heterocycles. The average Bonchev–Trinajstić information content (AvgIpc) is 2.40. The third-order valence-electron chi connectivity index (χ3n) is 3.10. The van der Waals surface area contributed by atoms with Gasteiger partial charge in [-0.25, -0.2) is 0 Å². The van der Waals surface area contributed by atoms with Gasteiger partial charge in [0, 0.05) is 0 Å². The molecule has 0 nitrogen and oxygen atoms in total. The molecule has 2 atom stereocenters. The number of hydrogen-bond donors (Lipinski definition) is 0. The van der Waals surface area contributed by atoms with Gasteiger partial charge in [-0.1, -0.05) is 30.7 Å². The van der Waals surface area contributed by atoms with E-state index in [1.54, 1.807) is 5.57 Å². The molecule has 2 unspecified atom stereocenters. The van der Waals surface area contributed by atoms with Crippen LogP contribution in [0.15, 0.2) is 23.8 Å². The van der Waals surface area contributed by atoms with E-state index >= 15 is 0 Å². The van der Waals surface area contributed by atoms with Crippen LogP contribution < -0.4 is 0 Å². The zero-order valence-corrected chi connectivity index (χ0v) is 7.22. The molecule has 0 radical (unpaired) electrons. The van der Waals surface area contributed by atoms with Gasteiger partial charge in [0.1, 0.15) is 0 Å². The molecule has 0 bridgehead atoms. The van der Waals surface area contributed by atoms with Gasteiger partial charge < -0.3 is 0 Å². The summed E-state index contributed by atoms with van der Waals surface area (Å²) in [5.74, 6) is 1.81. The molecule has 0 aromatic carbocycles. The van der Waals surface area contributed by atoms with E-state index in [2.05, 4.69) is 25.2 Å². The molecule has 60 valence electrons. The van der Waals surface area contributed by atoms with Gasteiger partial charge in [0.25, 0.3) is 0 Å². The maximum atomic E-state index is 2.39. The van der Waals surface area contributed by atoms with Crippen molar-refractivity contribution in [1.29, 1.82) is 0 Å². The van der Waals surface area contributed by atoms with Crippen LogP contribution in [-0.2, 0) is 0 Å². The first kappa shape index (κ1) is 7.15. The van der Waals surface area contributed by atoms with Crippen molar-refractivity contribution in [1.82, 2.24) is 0 Å². The second-order valence-electron chi connectivity index (χ2n) is 3.88. The van der Waals surface area contributed by atoms with Gasteiger partial charge in [0.05, 0.1) is 0 Å². The predicted octanol–water partition coefficient (Wildman–Crippen LogP) is 3.31. The molecular formula is C11H16. The van der Waals surface area contributed by atoms with Crippen molar-refractivity contribution >= 4 is 0 Å². The van der Waals surface area contributed by atoms with Crippen LogP contribution in [0.1, 0.15) is 32.6 Å². The lowest BCUT2D eigenvalue weighted by molar-refractivity contribution is 0.424. The van der Waals surface area contributed by atoms with E-state index in [1.807, 2.05) is 0 Å². The first-order valence-electron chi connectivity index (χ1n) is 4.73. The van der Waals surface area contributed by atoms with E-state index in [9.17, 15) is 0 Å². The topological polar surface area (TPSA) is 0 Å². The molecule has 0 amide bonds. The SMILES string of the molecule is CC1CC=CC=C2CCCC21. The normalized spacial score (nSPS) is 36.3. The van der Waals surface area contributed by atoms with Crippen LogP contribution in [0.5, 0.6) is 0 Å². The highest BCUT2D eigenvalue weighted by Gasteiger charge is 2.25. The summed E-state index contributed by atoms with van der Waals surface area (Å²) in [6, 6.07) is 0. The number of allylic oxidation sites excluding steroid dienone is 4. The number of rotatable bonds is 0. The first-order valence-corrected chi connectivity index (χ1v) is 4.73. The molecule has 11 heavy (non-hydrogen) atoms. The summed E-state index contributed by atoms with van der Waals surface area (Å²) in [6.45, 7) is 2.39. The minimum atomic E-state index is 0.891. The summed E-state index contributed by atoms with van der Waals surface area (Å²) >= 11 is 0. The van der Waals surface area contributed by atoms with Gasteiger partial charge in [-0.3, -0.25) is 0 Å². The van der Waals surface area contributed by atoms with Crippen LogP contribution >= 0.6 is 0 Å². The molecule has 2 rings (SSSR count). The van der Waals surface area contributed by atoms with Crippen LogP contribution in [-0.4, -0.2) is 0 Å². The van der Waals surface area contributed by atoms with E-state index in [-0.39, 0.29) is 0 Å². The largest absolute Gasteiger partial charge is 0.0843 e. The van der Waals surface area contributed by atoms with Gasteiger partial charge in [0.2, 0.25) is 0 Å². The maximum Gasteiger partial charge on any atom is -0.0171 e. The molecule has 2 aliphatic carbocycles. The summed E-state index contributed by atoms with van der Waals surface area (Å²) in [5.41, 5.74) is 1.71. The Morgan fingerprint density at radius 3 is 3.27 bits per heavy atom. The summed E-state index contributed by atoms with van der Waals surface area (Å²) in [6.07, 6.45) is 12.4. The van der Waals surface area contributed by atoms with Crippen molar-refractivity contribution in [3.8, 4) is 0 Å². The molecule has 0 aliphatic heterocycles. The standard InChI is InChI=1S/C11H16/c1-9-5-2-3-6-10-7-4-8-11(9)10/h2-3,6,9,11H,4-5,7-8H2,1H3. The zero-order valence-electron chi connectivity index (χ0n) is 7.22. The Labute approximate surface area is 69.0 Å². The van der Waals surface area contributed by atoms with Crippen LogP contribution in [0.4, 0.5) is 0 Å². The molecule has 1 fully saturated rings. The lowest BCUT2D eigenvalue weighted by atomic mass is 9.88. The van der Waals surface area contributed by atoms with Gasteiger partial charge >= 0.3 is 0 Å². The first-order chi connectivity index (χ1) is 5.38. The molecule has 0 aromatic rings. The Kier molecular flexibility index (Phi) is 1.85. The van der Waals surface area contributed by atoms with Gasteiger partial charge in [0.15, 0.2) is 0 Å². The highest BCUT2D eigenvalue weighted by atomic mass is 14.3. The minimum Gasteiger partial charge on any atom is -0.0843 e. The highest BCUT2D eigenvalue weighted by Crippen LogP contribution is 2.38. The van der Waals surface area contributed by atoms with Gasteiger partial charge in [-0.2, -0.15) is 0 Å². The van der Waals surface area contributed by atoms with E-state index in [0.717, 1.165) is 11.8 Å². The Hall–Kier alpha value is -0.520. The summed E-state index contributed by atoms with van der Waals surface area (Å²) in [4.78, 5) is 0. The van der Waals surface area contributed by atoms with Crippen molar-refractivity contribution in [2.75, 3.05) is 0 Å². The molecule has 0 N–H and O–H groups in total. The molecule has 1 saturated carbocycles. The minimum absolute atomic E-state index is 0.891. The van der Waals surface area contributed by atoms with Crippen molar-refractivity contribution in [2.24, 2.45) is 11.8 Å². The molecular weight excluding hydrogens is 132 g/mol. The lowest BCUT2D eigenvalue weighted by Gasteiger charge is -2.17. The Morgan fingerprint density at radius 2 is 2.36 bits per heavy atom. The van der Waals surface area contributed by atoms with Crippen molar-refractivity contribution in [3.05, 3.63) is 23.8 Å². The van der Waals surface area contributed by atoms with Gasteiger partial charge in [-0.05, 0) is 37.5 Å². The van der Waals surface area contributed by atoms with Crippen LogP contribution in [0.3, 0.4) is 0 Å². The summed E-state index contributed by atoms with van der Waals surface area (Å²) in [5, 5.41) is 0. The highest BCUT2D eigenvalue weighted by molar-refractivity contribution is 5.21. The van der Waals surface area contributed by atoms with E-state index in [4.69, 9.17) is 0 Å². The van der Waals surface area contributed by atoms with Crippen molar-refractivity contribution < 1.29 is 0 Å². The lowest BCUT2D eigenvalue weighted by Crippen LogP contribution is -2.07. The third kappa shape index (κ3) is 1.26. The third-order valence-corrected chi connectivity index (χ3v) is 3.10. The molecule has 0 heteroatoms. The summed E-state index contributed by atoms with van der Waals surface area (Å²) in [7, 11) is 0. The smallest absolute Gasteiger partial charge is 0.0171 e. The Bertz CT molecular complexity index is 198. The summed E-state index contributed by atoms with van der Waals surface area (Å²) < 4.78 is 0. The fourth-order valence-electron chi connectivity index (χ4n) is 2.40. The Morgan fingerprint density at radius 1 is 1.45 bits per heavy atom. The van der Waals surface area contributed by atoms with E-state index in [0.29, 0.717) is 0 Å². The monoisotopic (exact) mass is 148 g/mol. The zero-order chi connectivity index (χ0) is 7.68. The quantitative estimate of drug-likeness (QED) is 0.494. The fraction of sp³-hybridized carbons (Fsp3) is 0.636. The molecule has 2 aliphatic rings. The molecule has 0 spiro atoms. The van der Waals surface area contributed by atoms with E-state index < -0.39 is 0 Å². The van der Waals surface area contributed by atoms with Crippen LogP contribution in [0, 0.1) is 11.8 Å². The number of hydrogen-bond acceptors (Lipinski definition) is 0.